The Morgan fingerprint density at radius 1 is 0.448 bits per heavy atom. The Balaban J connectivity index is 1.31. The molecule has 0 saturated heterocycles. The average Bonchev–Trinajstić information content (AvgIpc) is 3.59. The molecule has 1 aliphatic carbocycles. The van der Waals surface area contributed by atoms with Gasteiger partial charge in [-0.25, -0.2) is 0 Å². The first-order chi connectivity index (χ1) is 32.6. The van der Waals surface area contributed by atoms with Gasteiger partial charge >= 0.3 is 0 Å². The molecule has 3 aliphatic rings. The van der Waals surface area contributed by atoms with Crippen molar-refractivity contribution in [3.63, 3.8) is 0 Å². The van der Waals surface area contributed by atoms with Crippen LogP contribution in [0.4, 0.5) is 34.1 Å². The molecule has 0 amide bonds. The number of hydrogen-bond donors (Lipinski definition) is 0. The Morgan fingerprint density at radius 3 is 1.66 bits per heavy atom. The molecule has 0 radical (unpaired) electrons. The summed E-state index contributed by atoms with van der Waals surface area (Å²) in [5.74, 6) is 0. The summed E-state index contributed by atoms with van der Waals surface area (Å²) in [5.41, 5.74) is 22.3. The molecule has 7 aromatic rings. The molecular weight excluding hydrogens is 808 g/mol. The lowest BCUT2D eigenvalue weighted by Crippen LogP contribution is -2.61. The summed E-state index contributed by atoms with van der Waals surface area (Å²) in [6, 6.07) is 50.1. The summed E-state index contributed by atoms with van der Waals surface area (Å²) in [5, 5.41) is 0. The molecule has 0 spiro atoms. The van der Waals surface area contributed by atoms with Crippen LogP contribution in [0.3, 0.4) is 0 Å². The van der Waals surface area contributed by atoms with Crippen LogP contribution in [0.1, 0.15) is 140 Å². The van der Waals surface area contributed by atoms with Gasteiger partial charge in [-0.05, 0) is 173 Å². The topological polar surface area (TPSA) is 6.48 Å². The first kappa shape index (κ1) is 41.4. The van der Waals surface area contributed by atoms with Gasteiger partial charge in [0.25, 0.3) is 6.71 Å². The normalized spacial score (nSPS) is 16.1. The minimum Gasteiger partial charge on any atom is -0.311 e. The second-order valence-electron chi connectivity index (χ2n) is 24.9. The largest absolute Gasteiger partial charge is 0.311 e. The smallest absolute Gasteiger partial charge is 0.252 e. The number of rotatable bonds is 4. The Morgan fingerprint density at radius 2 is 1.00 bits per heavy atom. The number of nitrogens with zero attached hydrogens (tertiary/aromatic N) is 2. The first-order valence-corrected chi connectivity index (χ1v) is 24.6. The maximum atomic E-state index is 9.16. The van der Waals surface area contributed by atoms with Crippen LogP contribution in [0.15, 0.2) is 133 Å². The lowest BCUT2D eigenvalue weighted by molar-refractivity contribution is 0.392. The van der Waals surface area contributed by atoms with E-state index in [-0.39, 0.29) is 33.8 Å². The highest BCUT2D eigenvalue weighted by atomic mass is 15.2. The zero-order valence-corrected chi connectivity index (χ0v) is 42.6. The zero-order chi connectivity index (χ0) is 50.2. The summed E-state index contributed by atoms with van der Waals surface area (Å²) in [6.45, 7) is 29.5. The van der Waals surface area contributed by atoms with E-state index in [0.717, 1.165) is 69.1 Å². The fourth-order valence-electron chi connectivity index (χ4n) is 11.1. The minimum atomic E-state index is -2.38. The number of fused-ring (bicyclic) bond motifs is 5. The summed E-state index contributed by atoms with van der Waals surface area (Å²) >= 11 is 0. The Bertz CT molecular complexity index is 3220. The van der Waals surface area contributed by atoms with Crippen molar-refractivity contribution in [3.05, 3.63) is 172 Å². The Labute approximate surface area is 407 Å². The first-order valence-electron chi connectivity index (χ1n) is 26.1. The highest BCUT2D eigenvalue weighted by Crippen LogP contribution is 2.50. The van der Waals surface area contributed by atoms with Crippen LogP contribution < -0.4 is 26.2 Å². The van der Waals surface area contributed by atoms with Crippen molar-refractivity contribution in [3.8, 4) is 22.3 Å². The number of benzene rings is 7. The predicted octanol–water partition coefficient (Wildman–Crippen LogP) is 15.7. The van der Waals surface area contributed by atoms with Gasteiger partial charge in [0.2, 0.25) is 0 Å². The van der Waals surface area contributed by atoms with E-state index < -0.39 is 6.85 Å². The molecule has 0 N–H and O–H groups in total. The van der Waals surface area contributed by atoms with Crippen molar-refractivity contribution >= 4 is 57.2 Å². The summed E-state index contributed by atoms with van der Waals surface area (Å²) in [7, 11) is 0. The lowest BCUT2D eigenvalue weighted by Gasteiger charge is -2.45. The summed E-state index contributed by atoms with van der Waals surface area (Å²) in [4.78, 5) is 4.85. The van der Waals surface area contributed by atoms with Gasteiger partial charge in [-0.3, -0.25) is 0 Å². The molecule has 2 nitrogen and oxygen atoms in total. The van der Waals surface area contributed by atoms with Crippen molar-refractivity contribution in [2.24, 2.45) is 5.41 Å². The van der Waals surface area contributed by atoms with E-state index in [0.29, 0.717) is 5.56 Å². The zero-order valence-electron chi connectivity index (χ0n) is 45.6. The maximum absolute atomic E-state index is 9.16. The maximum Gasteiger partial charge on any atom is 0.252 e. The molecule has 0 atom stereocenters. The van der Waals surface area contributed by atoms with E-state index >= 15 is 0 Å². The molecule has 2 heterocycles. The van der Waals surface area contributed by atoms with Gasteiger partial charge in [0, 0.05) is 38.1 Å². The van der Waals surface area contributed by atoms with Gasteiger partial charge in [0.15, 0.2) is 0 Å². The highest BCUT2D eigenvalue weighted by molar-refractivity contribution is 7.00. The molecule has 0 saturated carbocycles. The van der Waals surface area contributed by atoms with Crippen LogP contribution in [-0.4, -0.2) is 6.71 Å². The quantitative estimate of drug-likeness (QED) is 0.163. The van der Waals surface area contributed by atoms with Gasteiger partial charge in [-0.15, -0.1) is 0 Å². The van der Waals surface area contributed by atoms with Crippen molar-refractivity contribution in [1.82, 2.24) is 0 Å². The standard InChI is InChI=1S/C64H71BN2/c1-40-30-57-59-58(31-40)67(54-29-27-48(62(8,9)10)36-51(54)43-19-16-18-42(32-43)41-22-24-46(25-23-41)60(2,3)4)55-34-45-39-64(14,15)38-44(45)33-53(55)65(59)52-28-26-49(63(11,12)13)37-56(52)66(57)50-21-17-20-47(35-50)61(5,6)7/h16-37H,38-39H2,1-15H3/i1D3. The molecule has 7 aromatic carbocycles. The van der Waals surface area contributed by atoms with Crippen LogP contribution in [0.2, 0.25) is 0 Å². The van der Waals surface area contributed by atoms with E-state index in [1.165, 1.54) is 49.9 Å². The van der Waals surface area contributed by atoms with E-state index in [1.807, 2.05) is 12.1 Å². The van der Waals surface area contributed by atoms with Gasteiger partial charge < -0.3 is 9.80 Å². The van der Waals surface area contributed by atoms with Gasteiger partial charge in [0.1, 0.15) is 0 Å². The lowest BCUT2D eigenvalue weighted by atomic mass is 9.33. The molecule has 3 heteroatoms. The van der Waals surface area contributed by atoms with Crippen LogP contribution in [-0.2, 0) is 34.5 Å². The number of anilines is 6. The molecule has 0 bridgehead atoms. The molecule has 67 heavy (non-hydrogen) atoms. The van der Waals surface area contributed by atoms with E-state index in [4.69, 9.17) is 4.11 Å². The number of hydrogen-bond acceptors (Lipinski definition) is 2. The van der Waals surface area contributed by atoms with Crippen LogP contribution in [0.5, 0.6) is 0 Å². The molecular formula is C64H71BN2. The molecule has 0 fully saturated rings. The van der Waals surface area contributed by atoms with Gasteiger partial charge in [-0.1, -0.05) is 176 Å². The van der Waals surface area contributed by atoms with Crippen LogP contribution >= 0.6 is 0 Å². The van der Waals surface area contributed by atoms with Crippen LogP contribution in [0.25, 0.3) is 22.3 Å². The second-order valence-corrected chi connectivity index (χ2v) is 24.9. The van der Waals surface area contributed by atoms with E-state index in [2.05, 4.69) is 228 Å². The highest BCUT2D eigenvalue weighted by Gasteiger charge is 2.45. The van der Waals surface area contributed by atoms with Crippen molar-refractivity contribution in [1.29, 1.82) is 0 Å². The number of aryl methyl sites for hydroxylation is 1. The third-order valence-electron chi connectivity index (χ3n) is 14.9. The molecule has 10 rings (SSSR count). The molecule has 2 aliphatic heterocycles. The van der Waals surface area contributed by atoms with Crippen molar-refractivity contribution in [2.45, 2.75) is 138 Å². The van der Waals surface area contributed by atoms with Gasteiger partial charge in [0.05, 0.1) is 5.69 Å². The Hall–Kier alpha value is -5.80. The monoisotopic (exact) mass is 882 g/mol. The third-order valence-corrected chi connectivity index (χ3v) is 14.9. The molecule has 0 aromatic heterocycles. The van der Waals surface area contributed by atoms with E-state index in [1.54, 1.807) is 0 Å². The SMILES string of the molecule is [2H]C([2H])([2H])c1cc2c3c(c1)N(c1ccc(C(C)(C)C)cc1-c1cccc(-c4ccc(C(C)(C)C)cc4)c1)c1cc4c(cc1B3c1ccc(C(C)(C)C)cc1N2c1cccc(C(C)(C)C)c1)CC(C)(C)C4. The predicted molar refractivity (Wildman–Crippen MR) is 292 cm³/mol. The fraction of sp³-hybridized carbons (Fsp3) is 0.344. The fourth-order valence-corrected chi connectivity index (χ4v) is 11.1. The van der Waals surface area contributed by atoms with E-state index in [9.17, 15) is 0 Å². The van der Waals surface area contributed by atoms with Gasteiger partial charge in [-0.2, -0.15) is 0 Å². The average molecular weight is 882 g/mol. The van der Waals surface area contributed by atoms with Crippen molar-refractivity contribution < 1.29 is 4.11 Å². The minimum absolute atomic E-state index is 0.0588. The van der Waals surface area contributed by atoms with Crippen LogP contribution in [0, 0.1) is 12.3 Å². The summed E-state index contributed by atoms with van der Waals surface area (Å²) in [6.07, 6.45) is 1.99. The molecule has 340 valence electrons. The second kappa shape index (κ2) is 15.4. The molecule has 0 unspecified atom stereocenters. The Kier molecular flexibility index (Phi) is 9.49. The summed E-state index contributed by atoms with van der Waals surface area (Å²) < 4.78 is 27.5. The third kappa shape index (κ3) is 7.95. The van der Waals surface area contributed by atoms with Crippen molar-refractivity contribution in [2.75, 3.05) is 9.80 Å².